The average molecular weight is 447 g/mol. The van der Waals surface area contributed by atoms with E-state index in [0.29, 0.717) is 0 Å². The van der Waals surface area contributed by atoms with Gasteiger partial charge >= 0.3 is 0 Å². The fourth-order valence-electron chi connectivity index (χ4n) is 3.69. The van der Waals surface area contributed by atoms with Crippen LogP contribution < -0.4 is 10.0 Å². The van der Waals surface area contributed by atoms with Crippen LogP contribution in [-0.4, -0.2) is 26.2 Å². The first-order valence-electron chi connectivity index (χ1n) is 10.5. The van der Waals surface area contributed by atoms with E-state index >= 15 is 0 Å². The van der Waals surface area contributed by atoms with Crippen LogP contribution in [0.15, 0.2) is 102 Å². The van der Waals surface area contributed by atoms with Crippen molar-refractivity contribution >= 4 is 26.5 Å². The van der Waals surface area contributed by atoms with Crippen LogP contribution in [0, 0.1) is 6.92 Å². The van der Waals surface area contributed by atoms with Gasteiger partial charge in [0.05, 0.1) is 17.0 Å². The topological polar surface area (TPSA) is 78.4 Å². The molecule has 32 heavy (non-hydrogen) atoms. The van der Waals surface area contributed by atoms with E-state index < -0.39 is 22.2 Å². The van der Waals surface area contributed by atoms with Crippen LogP contribution in [0.3, 0.4) is 0 Å². The first-order valence-corrected chi connectivity index (χ1v) is 12.0. The van der Waals surface area contributed by atoms with E-state index in [4.69, 9.17) is 0 Å². The summed E-state index contributed by atoms with van der Waals surface area (Å²) < 4.78 is 27.9. The number of hydrogen-bond donors (Lipinski definition) is 3. The van der Waals surface area contributed by atoms with Crippen LogP contribution in [0.1, 0.15) is 17.2 Å². The van der Waals surface area contributed by atoms with Gasteiger partial charge in [0, 0.05) is 17.6 Å². The average Bonchev–Trinajstić information content (AvgIpc) is 2.82. The van der Waals surface area contributed by atoms with Crippen molar-refractivity contribution in [2.75, 3.05) is 11.9 Å². The van der Waals surface area contributed by atoms with Crippen molar-refractivity contribution in [1.82, 2.24) is 4.72 Å². The van der Waals surface area contributed by atoms with Crippen LogP contribution in [-0.2, 0) is 10.0 Å². The lowest BCUT2D eigenvalue weighted by Crippen LogP contribution is -2.38. The predicted molar refractivity (Wildman–Crippen MR) is 129 cm³/mol. The first kappa shape index (κ1) is 22.0. The minimum absolute atomic E-state index is 0.131. The second-order valence-electron chi connectivity index (χ2n) is 7.79. The van der Waals surface area contributed by atoms with Crippen molar-refractivity contribution in [3.63, 3.8) is 0 Å². The van der Waals surface area contributed by atoms with Crippen molar-refractivity contribution in [3.8, 4) is 0 Å². The Morgan fingerprint density at radius 1 is 0.812 bits per heavy atom. The van der Waals surface area contributed by atoms with Gasteiger partial charge < -0.3 is 10.4 Å². The number of hydrogen-bond acceptors (Lipinski definition) is 4. The summed E-state index contributed by atoms with van der Waals surface area (Å²) in [6.45, 7) is 1.77. The molecule has 0 saturated heterocycles. The van der Waals surface area contributed by atoms with Crippen LogP contribution in [0.25, 0.3) is 10.8 Å². The molecule has 0 saturated carbocycles. The molecule has 0 aliphatic heterocycles. The largest absolute Gasteiger partial charge is 0.389 e. The van der Waals surface area contributed by atoms with Gasteiger partial charge in [0.1, 0.15) is 0 Å². The molecule has 4 aromatic carbocycles. The van der Waals surface area contributed by atoms with E-state index in [2.05, 4.69) is 10.0 Å². The monoisotopic (exact) mass is 446 g/mol. The van der Waals surface area contributed by atoms with Gasteiger partial charge in [-0.1, -0.05) is 84.4 Å². The van der Waals surface area contributed by atoms with E-state index in [-0.39, 0.29) is 11.4 Å². The molecule has 4 rings (SSSR count). The Bertz CT molecular complexity index is 1280. The third-order valence-corrected chi connectivity index (χ3v) is 6.90. The van der Waals surface area contributed by atoms with Crippen molar-refractivity contribution in [2.45, 2.75) is 24.0 Å². The third-order valence-electron chi connectivity index (χ3n) is 5.46. The fourth-order valence-corrected chi connectivity index (χ4v) is 4.75. The summed E-state index contributed by atoms with van der Waals surface area (Å²) in [7, 11) is -3.73. The van der Waals surface area contributed by atoms with E-state index in [1.165, 1.54) is 0 Å². The minimum Gasteiger partial charge on any atom is -0.389 e. The molecule has 164 valence electrons. The molecule has 3 N–H and O–H groups in total. The smallest absolute Gasteiger partial charge is 0.240 e. The Labute approximate surface area is 188 Å². The normalized spacial score (nSPS) is 13.6. The SMILES string of the molecule is Cc1ccc(S(=O)(=O)NCC(O)C(Nc2cccc3ccccc23)c2ccccc2)cc1. The number of aliphatic hydroxyl groups excluding tert-OH is 1. The number of rotatable bonds is 8. The van der Waals surface area contributed by atoms with Crippen LogP contribution in [0.4, 0.5) is 5.69 Å². The van der Waals surface area contributed by atoms with Crippen LogP contribution in [0.2, 0.25) is 0 Å². The molecule has 5 nitrogen and oxygen atoms in total. The molecule has 0 radical (unpaired) electrons. The molecule has 0 aliphatic carbocycles. The van der Waals surface area contributed by atoms with E-state index in [9.17, 15) is 13.5 Å². The molecule has 0 fully saturated rings. The van der Waals surface area contributed by atoms with Gasteiger partial charge in [0.2, 0.25) is 10.0 Å². The van der Waals surface area contributed by atoms with Gasteiger partial charge in [-0.3, -0.25) is 0 Å². The summed E-state index contributed by atoms with van der Waals surface area (Å²) in [5, 5.41) is 16.6. The van der Waals surface area contributed by atoms with Gasteiger partial charge in [-0.25, -0.2) is 13.1 Å². The molecule has 0 aliphatic rings. The predicted octanol–water partition coefficient (Wildman–Crippen LogP) is 4.64. The Morgan fingerprint density at radius 3 is 2.22 bits per heavy atom. The van der Waals surface area contributed by atoms with Gasteiger partial charge in [0.25, 0.3) is 0 Å². The Balaban J connectivity index is 1.58. The number of sulfonamides is 1. The molecule has 0 amide bonds. The lowest BCUT2D eigenvalue weighted by atomic mass is 10.00. The highest BCUT2D eigenvalue weighted by Gasteiger charge is 2.24. The Morgan fingerprint density at radius 2 is 1.47 bits per heavy atom. The summed E-state index contributed by atoms with van der Waals surface area (Å²) in [6.07, 6.45) is -1.00. The Hall–Kier alpha value is -3.19. The summed E-state index contributed by atoms with van der Waals surface area (Å²) in [4.78, 5) is 0.175. The van der Waals surface area contributed by atoms with Crippen molar-refractivity contribution < 1.29 is 13.5 Å². The van der Waals surface area contributed by atoms with Gasteiger partial charge in [-0.2, -0.15) is 0 Å². The van der Waals surface area contributed by atoms with Gasteiger partial charge in [0.15, 0.2) is 0 Å². The van der Waals surface area contributed by atoms with Crippen LogP contribution >= 0.6 is 0 Å². The molecule has 0 bridgehead atoms. The van der Waals surface area contributed by atoms with Crippen molar-refractivity contribution in [2.24, 2.45) is 0 Å². The quantitative estimate of drug-likeness (QED) is 0.368. The van der Waals surface area contributed by atoms with Crippen molar-refractivity contribution in [3.05, 3.63) is 108 Å². The molecule has 2 atom stereocenters. The molecule has 6 heteroatoms. The molecule has 0 aromatic heterocycles. The zero-order chi connectivity index (χ0) is 22.6. The van der Waals surface area contributed by atoms with Gasteiger partial charge in [-0.05, 0) is 36.1 Å². The molecule has 0 heterocycles. The summed E-state index contributed by atoms with van der Waals surface area (Å²) in [5.41, 5.74) is 2.72. The highest BCUT2D eigenvalue weighted by atomic mass is 32.2. The first-order chi connectivity index (χ1) is 15.4. The summed E-state index contributed by atoms with van der Waals surface area (Å²) in [5.74, 6) is 0. The Kier molecular flexibility index (Phi) is 6.55. The lowest BCUT2D eigenvalue weighted by molar-refractivity contribution is 0.156. The highest BCUT2D eigenvalue weighted by Crippen LogP contribution is 2.29. The summed E-state index contributed by atoms with van der Waals surface area (Å²) in [6, 6.07) is 29.6. The molecular formula is C26H26N2O3S. The maximum absolute atomic E-state index is 12.7. The number of anilines is 1. The number of aliphatic hydroxyl groups is 1. The molecule has 2 unspecified atom stereocenters. The van der Waals surface area contributed by atoms with Crippen LogP contribution in [0.5, 0.6) is 0 Å². The maximum Gasteiger partial charge on any atom is 0.240 e. The van der Waals surface area contributed by atoms with E-state index in [1.54, 1.807) is 24.3 Å². The molecular weight excluding hydrogens is 420 g/mol. The number of benzene rings is 4. The maximum atomic E-state index is 12.7. The molecule has 4 aromatic rings. The number of fused-ring (bicyclic) bond motifs is 1. The number of aryl methyl sites for hydroxylation is 1. The second-order valence-corrected chi connectivity index (χ2v) is 9.56. The van der Waals surface area contributed by atoms with Crippen molar-refractivity contribution in [1.29, 1.82) is 0 Å². The molecule has 0 spiro atoms. The second kappa shape index (κ2) is 9.53. The fraction of sp³-hybridized carbons (Fsp3) is 0.154. The number of nitrogens with one attached hydrogen (secondary N) is 2. The zero-order valence-corrected chi connectivity index (χ0v) is 18.6. The zero-order valence-electron chi connectivity index (χ0n) is 17.8. The third kappa shape index (κ3) is 4.99. The minimum atomic E-state index is -3.73. The van der Waals surface area contributed by atoms with E-state index in [0.717, 1.165) is 27.6 Å². The van der Waals surface area contributed by atoms with E-state index in [1.807, 2.05) is 79.7 Å². The summed E-state index contributed by atoms with van der Waals surface area (Å²) >= 11 is 0. The highest BCUT2D eigenvalue weighted by molar-refractivity contribution is 7.89. The lowest BCUT2D eigenvalue weighted by Gasteiger charge is -2.26. The standard InChI is InChI=1S/C26H26N2O3S/c1-19-14-16-22(17-15-19)32(30,31)27-18-25(29)26(21-9-3-2-4-10-21)28-24-13-7-11-20-8-5-6-12-23(20)24/h2-17,25-29H,18H2,1H3. The van der Waals surface area contributed by atoms with Gasteiger partial charge in [-0.15, -0.1) is 0 Å².